The summed E-state index contributed by atoms with van der Waals surface area (Å²) in [7, 11) is 14.4. The maximum absolute atomic E-state index is 2.90. The van der Waals surface area contributed by atoms with E-state index < -0.39 is 0 Å². The molecule has 1 radical (unpaired) electrons. The molecule has 53 valence electrons. The van der Waals surface area contributed by atoms with Crippen LogP contribution in [0.15, 0.2) is 0 Å². The molecule has 0 nitrogen and oxygen atoms in total. The van der Waals surface area contributed by atoms with Gasteiger partial charge in [-0.25, -0.2) is 0 Å². The van der Waals surface area contributed by atoms with Crippen molar-refractivity contribution in [2.45, 2.75) is 0 Å². The topological polar surface area (TPSA) is 0 Å². The minimum Gasteiger partial charge on any atom is -0.116 e. The van der Waals surface area contributed by atoms with E-state index >= 15 is 0 Å². The average molecular weight is 269 g/mol. The van der Waals surface area contributed by atoms with Crippen molar-refractivity contribution >= 4 is 72.7 Å². The van der Waals surface area contributed by atoms with Crippen LogP contribution in [0.4, 0.5) is 0 Å². The Hall–Kier alpha value is 3.50. The Morgan fingerprint density at radius 2 is 1.33 bits per heavy atom. The van der Waals surface area contributed by atoms with Crippen molar-refractivity contribution in [3.63, 3.8) is 0 Å². The molecule has 6 unspecified atom stereocenters. The Morgan fingerprint density at radius 3 is 1.44 bits per heavy atom. The molecular formula is H10BP8. The SMILES string of the molecule is PP(P)[B]P(P)P(P)P. The summed E-state index contributed by atoms with van der Waals surface area (Å²) in [6.45, 7) is 2.51. The molecule has 0 saturated carbocycles. The van der Waals surface area contributed by atoms with Gasteiger partial charge in [-0.3, -0.25) is 0 Å². The third-order valence-corrected chi connectivity index (χ3v) is 21.2. The van der Waals surface area contributed by atoms with E-state index in [1.165, 1.54) is 0 Å². The molecule has 0 saturated heterocycles. The van der Waals surface area contributed by atoms with E-state index in [0.717, 1.165) is 0 Å². The second kappa shape index (κ2) is 6.96. The quantitative estimate of drug-likeness (QED) is 0.539. The molecule has 0 spiro atoms. The van der Waals surface area contributed by atoms with Gasteiger partial charge in [0.15, 0.2) is 0 Å². The number of hydrogen-bond donors (Lipinski definition) is 0. The van der Waals surface area contributed by atoms with Gasteiger partial charge >= 0.3 is 0 Å². The van der Waals surface area contributed by atoms with Crippen molar-refractivity contribution in [3.05, 3.63) is 0 Å². The fourth-order valence-corrected chi connectivity index (χ4v) is 15.9. The number of hydrogen-bond acceptors (Lipinski definition) is 0. The second-order valence-electron chi connectivity index (χ2n) is 1.32. The van der Waals surface area contributed by atoms with Crippen LogP contribution in [0.25, 0.3) is 0 Å². The van der Waals surface area contributed by atoms with Crippen molar-refractivity contribution in [3.8, 4) is 0 Å². The second-order valence-corrected chi connectivity index (χ2v) is 23.5. The van der Waals surface area contributed by atoms with E-state index in [1.54, 1.807) is 0 Å². The zero-order valence-corrected chi connectivity index (χ0v) is 13.3. The Labute approximate surface area is 72.8 Å². The Balaban J connectivity index is 3.38. The maximum Gasteiger partial charge on any atom is 0.203 e. The Kier molecular flexibility index (Phi) is 9.67. The van der Waals surface area contributed by atoms with Crippen LogP contribution in [0.3, 0.4) is 0 Å². The summed E-state index contributed by atoms with van der Waals surface area (Å²) in [6, 6.07) is 0. The van der Waals surface area contributed by atoms with Crippen molar-refractivity contribution in [2.75, 3.05) is 0 Å². The van der Waals surface area contributed by atoms with Crippen LogP contribution in [-0.4, -0.2) is 6.72 Å². The molecule has 0 aliphatic heterocycles. The normalized spacial score (nSPS) is 14.6. The highest BCUT2D eigenvalue weighted by Gasteiger charge is 2.09. The lowest BCUT2D eigenvalue weighted by Gasteiger charge is -2.16. The molecule has 0 aromatic rings. The van der Waals surface area contributed by atoms with E-state index in [-0.39, 0.29) is 21.3 Å². The van der Waals surface area contributed by atoms with Gasteiger partial charge in [0.1, 0.15) is 0 Å². The smallest absolute Gasteiger partial charge is 0.116 e. The van der Waals surface area contributed by atoms with E-state index in [9.17, 15) is 0 Å². The van der Waals surface area contributed by atoms with E-state index in [1.807, 2.05) is 0 Å². The van der Waals surface area contributed by atoms with Gasteiger partial charge in [-0.2, -0.15) is 0 Å². The average Bonchev–Trinajstić information content (AvgIpc) is 1.63. The predicted molar refractivity (Wildman–Crippen MR) is 75.1 cm³/mol. The van der Waals surface area contributed by atoms with Gasteiger partial charge in [0, 0.05) is 0 Å². The molecule has 6 atom stereocenters. The van der Waals surface area contributed by atoms with Crippen LogP contribution in [0, 0.1) is 0 Å². The first-order chi connectivity index (χ1) is 4.04. The van der Waals surface area contributed by atoms with E-state index in [4.69, 9.17) is 0 Å². The van der Waals surface area contributed by atoms with Crippen LogP contribution >= 0.6 is 66.0 Å². The lowest BCUT2D eigenvalue weighted by molar-refractivity contribution is 4.46. The van der Waals surface area contributed by atoms with Gasteiger partial charge in [0.05, 0.1) is 0 Å². The minimum atomic E-state index is 0.0335. The maximum atomic E-state index is 2.90. The van der Waals surface area contributed by atoms with Gasteiger partial charge in [-0.1, -0.05) is 7.18 Å². The van der Waals surface area contributed by atoms with Crippen LogP contribution in [0.1, 0.15) is 0 Å². The summed E-state index contributed by atoms with van der Waals surface area (Å²) >= 11 is 0. The predicted octanol–water partition coefficient (Wildman–Crippen LogP) is 3.83. The third-order valence-electron chi connectivity index (χ3n) is 0.518. The first-order valence-electron chi connectivity index (χ1n) is 2.01. The van der Waals surface area contributed by atoms with Gasteiger partial charge in [0.25, 0.3) is 0 Å². The van der Waals surface area contributed by atoms with Gasteiger partial charge < -0.3 is 0 Å². The Bertz CT molecular complexity index is 67.0. The molecule has 9 heavy (non-hydrogen) atoms. The van der Waals surface area contributed by atoms with Crippen LogP contribution < -0.4 is 0 Å². The van der Waals surface area contributed by atoms with Gasteiger partial charge in [-0.15, -0.1) is 51.8 Å². The Morgan fingerprint density at radius 1 is 0.889 bits per heavy atom. The standard InChI is InChI=1S/BH10P8/c2-7(3)1-8(4)9(5)6/h2-6H2. The van der Waals surface area contributed by atoms with Crippen molar-refractivity contribution < 1.29 is 0 Å². The molecule has 0 N–H and O–H groups in total. The largest absolute Gasteiger partial charge is 0.203 e. The third kappa shape index (κ3) is 7.85. The monoisotopic (exact) mass is 269 g/mol. The first kappa shape index (κ1) is 12.5. The summed E-state index contributed by atoms with van der Waals surface area (Å²) in [4.78, 5) is 0. The number of rotatable bonds is 3. The molecule has 0 bridgehead atoms. The molecule has 0 aliphatic carbocycles. The van der Waals surface area contributed by atoms with Crippen LogP contribution in [0.2, 0.25) is 0 Å². The molecule has 0 heterocycles. The van der Waals surface area contributed by atoms with Crippen molar-refractivity contribution in [1.82, 2.24) is 0 Å². The molecule has 0 fully saturated rings. The summed E-state index contributed by atoms with van der Waals surface area (Å²) in [6.07, 6.45) is 0. The highest BCUT2D eigenvalue weighted by atomic mass is 32.8. The fourth-order valence-electron chi connectivity index (χ4n) is 0.196. The van der Waals surface area contributed by atoms with Gasteiger partial charge in [-0.05, 0) is 6.99 Å². The first-order valence-corrected chi connectivity index (χ1v) is 15.0. The molecule has 0 amide bonds. The zero-order chi connectivity index (χ0) is 7.44. The minimum absolute atomic E-state index is 0.0335. The summed E-state index contributed by atoms with van der Waals surface area (Å²) in [5.41, 5.74) is 0. The summed E-state index contributed by atoms with van der Waals surface area (Å²) < 4.78 is 0. The fraction of sp³-hybridized carbons (Fsp3) is 0. The van der Waals surface area contributed by atoms with Crippen LogP contribution in [-0.2, 0) is 0 Å². The molecular weight excluding hydrogens is 259 g/mol. The highest BCUT2D eigenvalue weighted by molar-refractivity contribution is 8.91. The van der Waals surface area contributed by atoms with E-state index in [0.29, 0.717) is 0 Å². The lowest BCUT2D eigenvalue weighted by Crippen LogP contribution is -1.63. The lowest BCUT2D eigenvalue weighted by atomic mass is 10.7. The van der Waals surface area contributed by atoms with Gasteiger partial charge in [0.2, 0.25) is 6.72 Å². The zero-order valence-electron chi connectivity index (χ0n) is 4.81. The summed E-state index contributed by atoms with van der Waals surface area (Å²) in [5.74, 6) is 0. The molecule has 0 aromatic heterocycles. The molecule has 0 aromatic carbocycles. The van der Waals surface area contributed by atoms with E-state index in [2.05, 4.69) is 51.4 Å². The molecule has 0 rings (SSSR count). The molecule has 0 aliphatic rings. The summed E-state index contributed by atoms with van der Waals surface area (Å²) in [5, 5.41) is 0. The van der Waals surface area contributed by atoms with Crippen molar-refractivity contribution in [2.24, 2.45) is 0 Å². The highest BCUT2D eigenvalue weighted by Crippen LogP contribution is 2.85. The van der Waals surface area contributed by atoms with Crippen molar-refractivity contribution in [1.29, 1.82) is 0 Å². The molecule has 9 heteroatoms. The van der Waals surface area contributed by atoms with Crippen LogP contribution in [0.5, 0.6) is 0 Å².